The Kier molecular flexibility index (Phi) is 7.43. The fourth-order valence-electron chi connectivity index (χ4n) is 5.81. The van der Waals surface area contributed by atoms with Crippen LogP contribution in [0.15, 0.2) is 47.2 Å². The van der Waals surface area contributed by atoms with Crippen molar-refractivity contribution in [1.29, 1.82) is 0 Å². The molecule has 2 heterocycles. The maximum Gasteiger partial charge on any atom is 0.197 e. The van der Waals surface area contributed by atoms with Crippen molar-refractivity contribution >= 4 is 17.2 Å². The van der Waals surface area contributed by atoms with Gasteiger partial charge in [-0.25, -0.2) is 0 Å². The van der Waals surface area contributed by atoms with Crippen LogP contribution in [-0.4, -0.2) is 46.9 Å². The molecular weight excluding hydrogens is 422 g/mol. The highest BCUT2D eigenvalue weighted by Crippen LogP contribution is 2.39. The molecule has 4 aliphatic rings. The Labute approximate surface area is 204 Å². The van der Waals surface area contributed by atoms with Gasteiger partial charge in [-0.1, -0.05) is 44.7 Å². The molecule has 0 amide bonds. The van der Waals surface area contributed by atoms with E-state index in [1.165, 1.54) is 54.5 Å². The summed E-state index contributed by atoms with van der Waals surface area (Å²) in [5, 5.41) is 20.9. The Balaban J connectivity index is 1.35. The van der Waals surface area contributed by atoms with E-state index in [1.54, 1.807) is 0 Å². The molecular formula is C28H41N5O. The van der Waals surface area contributed by atoms with Gasteiger partial charge in [-0.3, -0.25) is 4.99 Å². The van der Waals surface area contributed by atoms with E-state index in [0.717, 1.165) is 51.0 Å². The van der Waals surface area contributed by atoms with Crippen molar-refractivity contribution in [3.8, 4) is 0 Å². The molecule has 2 fully saturated rings. The molecule has 1 unspecified atom stereocenters. The van der Waals surface area contributed by atoms with E-state index in [2.05, 4.69) is 64.4 Å². The summed E-state index contributed by atoms with van der Waals surface area (Å²) in [5.74, 6) is 0.865. The number of unbranched alkanes of at least 4 members (excludes halogenated alkanes) is 1. The van der Waals surface area contributed by atoms with Crippen LogP contribution in [0.3, 0.4) is 0 Å². The molecule has 34 heavy (non-hydrogen) atoms. The molecule has 6 heteroatoms. The molecule has 0 bridgehead atoms. The van der Waals surface area contributed by atoms with Crippen molar-refractivity contribution in [2.24, 2.45) is 4.99 Å². The summed E-state index contributed by atoms with van der Waals surface area (Å²) in [6.45, 7) is 3.04. The van der Waals surface area contributed by atoms with Crippen LogP contribution in [0, 0.1) is 0 Å². The molecule has 1 aromatic carbocycles. The molecule has 5 rings (SSSR count). The second-order valence-corrected chi connectivity index (χ2v) is 10.4. The summed E-state index contributed by atoms with van der Waals surface area (Å²) in [6.07, 6.45) is 17.1. The lowest BCUT2D eigenvalue weighted by Crippen LogP contribution is -2.54. The molecule has 6 nitrogen and oxygen atoms in total. The van der Waals surface area contributed by atoms with E-state index in [1.807, 2.05) is 0 Å². The SMILES string of the molecule is CCCCN=C1NC=C2C(c3ccc(NC4CCCCC4)cc3)=CN(C3CCC(O)CC3)C2N1. The van der Waals surface area contributed by atoms with Gasteiger partial charge in [0, 0.05) is 47.9 Å². The highest BCUT2D eigenvalue weighted by atomic mass is 16.3. The topological polar surface area (TPSA) is 71.9 Å². The van der Waals surface area contributed by atoms with Crippen LogP contribution in [0.2, 0.25) is 0 Å². The normalized spacial score (nSPS) is 28.6. The first-order valence-corrected chi connectivity index (χ1v) is 13.5. The summed E-state index contributed by atoms with van der Waals surface area (Å²) in [5.41, 5.74) is 5.02. The van der Waals surface area contributed by atoms with Gasteiger partial charge in [0.1, 0.15) is 6.17 Å². The fraction of sp³-hybridized carbons (Fsp3) is 0.607. The minimum Gasteiger partial charge on any atom is -0.393 e. The van der Waals surface area contributed by atoms with Crippen molar-refractivity contribution in [3.63, 3.8) is 0 Å². The van der Waals surface area contributed by atoms with Gasteiger partial charge in [-0.15, -0.1) is 0 Å². The lowest BCUT2D eigenvalue weighted by Gasteiger charge is -2.39. The zero-order chi connectivity index (χ0) is 23.3. The first-order chi connectivity index (χ1) is 16.7. The molecule has 184 valence electrons. The zero-order valence-electron chi connectivity index (χ0n) is 20.6. The number of fused-ring (bicyclic) bond motifs is 1. The quantitative estimate of drug-likeness (QED) is 0.431. The third-order valence-corrected chi connectivity index (χ3v) is 7.86. The van der Waals surface area contributed by atoms with Gasteiger partial charge < -0.3 is 26.0 Å². The van der Waals surface area contributed by atoms with Gasteiger partial charge in [0.05, 0.1) is 6.10 Å². The Morgan fingerprint density at radius 1 is 1.03 bits per heavy atom. The summed E-state index contributed by atoms with van der Waals surface area (Å²) in [7, 11) is 0. The molecule has 2 aliphatic heterocycles. The van der Waals surface area contributed by atoms with Crippen LogP contribution in [0.25, 0.3) is 5.57 Å². The molecule has 0 aromatic heterocycles. The van der Waals surface area contributed by atoms with Crippen molar-refractivity contribution in [1.82, 2.24) is 15.5 Å². The van der Waals surface area contributed by atoms with Gasteiger partial charge in [-0.05, 0) is 62.6 Å². The van der Waals surface area contributed by atoms with Gasteiger partial charge in [0.15, 0.2) is 5.96 Å². The summed E-state index contributed by atoms with van der Waals surface area (Å²) < 4.78 is 0. The van der Waals surface area contributed by atoms with E-state index in [9.17, 15) is 5.11 Å². The van der Waals surface area contributed by atoms with Crippen molar-refractivity contribution in [2.75, 3.05) is 11.9 Å². The number of anilines is 1. The maximum atomic E-state index is 10.0. The fourth-order valence-corrected chi connectivity index (χ4v) is 5.81. The van der Waals surface area contributed by atoms with E-state index in [0.29, 0.717) is 12.1 Å². The van der Waals surface area contributed by atoms with Gasteiger partial charge in [-0.2, -0.15) is 0 Å². The lowest BCUT2D eigenvalue weighted by atomic mass is 9.92. The van der Waals surface area contributed by atoms with Crippen LogP contribution in [0.5, 0.6) is 0 Å². The highest BCUT2D eigenvalue weighted by Gasteiger charge is 2.38. The second kappa shape index (κ2) is 10.9. The standard InChI is InChI=1S/C28H41N5O/c1-2-3-17-29-28-30-18-25-26(19-33(27(25)32-28)23-13-15-24(34)16-14-23)20-9-11-22(12-10-20)31-21-7-5-4-6-8-21/h9-12,18-19,21,23-24,27,31,34H,2-8,13-17H2,1H3,(H2,29,30,32). The monoisotopic (exact) mass is 463 g/mol. The van der Waals surface area contributed by atoms with Crippen molar-refractivity contribution < 1.29 is 5.11 Å². The minimum atomic E-state index is -0.145. The summed E-state index contributed by atoms with van der Waals surface area (Å²) in [4.78, 5) is 7.23. The summed E-state index contributed by atoms with van der Waals surface area (Å²) >= 11 is 0. The largest absolute Gasteiger partial charge is 0.393 e. The molecule has 4 N–H and O–H groups in total. The average Bonchev–Trinajstić information content (AvgIpc) is 3.25. The van der Waals surface area contributed by atoms with Crippen molar-refractivity contribution in [3.05, 3.63) is 47.8 Å². The Morgan fingerprint density at radius 3 is 2.53 bits per heavy atom. The second-order valence-electron chi connectivity index (χ2n) is 10.4. The van der Waals surface area contributed by atoms with Crippen LogP contribution < -0.4 is 16.0 Å². The third kappa shape index (κ3) is 5.27. The first kappa shape index (κ1) is 23.3. The van der Waals surface area contributed by atoms with E-state index in [4.69, 9.17) is 4.99 Å². The predicted octanol–water partition coefficient (Wildman–Crippen LogP) is 4.95. The molecule has 0 spiro atoms. The first-order valence-electron chi connectivity index (χ1n) is 13.5. The van der Waals surface area contributed by atoms with Crippen molar-refractivity contribution in [2.45, 2.75) is 102 Å². The number of aliphatic hydroxyl groups is 1. The van der Waals surface area contributed by atoms with E-state index < -0.39 is 0 Å². The number of aliphatic imine (C=N–C) groups is 1. The molecule has 2 aliphatic carbocycles. The minimum absolute atomic E-state index is 0.0944. The number of hydrogen-bond donors (Lipinski definition) is 4. The highest BCUT2D eigenvalue weighted by molar-refractivity contribution is 5.90. The Morgan fingerprint density at radius 2 is 1.79 bits per heavy atom. The predicted molar refractivity (Wildman–Crippen MR) is 140 cm³/mol. The third-order valence-electron chi connectivity index (χ3n) is 7.86. The van der Waals surface area contributed by atoms with Crippen LogP contribution in [0.4, 0.5) is 5.69 Å². The average molecular weight is 464 g/mol. The number of rotatable bonds is 7. The number of nitrogens with one attached hydrogen (secondary N) is 3. The zero-order valence-corrected chi connectivity index (χ0v) is 20.6. The summed E-state index contributed by atoms with van der Waals surface area (Å²) in [6, 6.07) is 10.0. The number of hydrogen-bond acceptors (Lipinski definition) is 4. The van der Waals surface area contributed by atoms with Gasteiger partial charge in [0.2, 0.25) is 0 Å². The Hall–Kier alpha value is -2.47. The molecule has 2 saturated carbocycles. The lowest BCUT2D eigenvalue weighted by molar-refractivity contribution is 0.0826. The number of benzene rings is 1. The van der Waals surface area contributed by atoms with Crippen LogP contribution in [0.1, 0.15) is 83.1 Å². The number of aliphatic hydroxyl groups excluding tert-OH is 1. The molecule has 1 atom stereocenters. The Bertz CT molecular complexity index is 907. The maximum absolute atomic E-state index is 10.0. The van der Waals surface area contributed by atoms with Crippen LogP contribution >= 0.6 is 0 Å². The van der Waals surface area contributed by atoms with E-state index >= 15 is 0 Å². The molecule has 1 aromatic rings. The number of guanidine groups is 1. The molecule has 0 radical (unpaired) electrons. The van der Waals surface area contributed by atoms with Gasteiger partial charge >= 0.3 is 0 Å². The smallest absolute Gasteiger partial charge is 0.197 e. The number of nitrogens with zero attached hydrogens (tertiary/aromatic N) is 2. The van der Waals surface area contributed by atoms with E-state index in [-0.39, 0.29) is 12.3 Å². The molecule has 0 saturated heterocycles. The van der Waals surface area contributed by atoms with Crippen LogP contribution in [-0.2, 0) is 0 Å². The van der Waals surface area contributed by atoms with Gasteiger partial charge in [0.25, 0.3) is 0 Å².